The van der Waals surface area contributed by atoms with E-state index < -0.39 is 12.7 Å². The van der Waals surface area contributed by atoms with Gasteiger partial charge in [0.15, 0.2) is 0 Å². The highest BCUT2D eigenvalue weighted by Gasteiger charge is 2.28. The second-order valence-electron chi connectivity index (χ2n) is 4.07. The third-order valence-corrected chi connectivity index (χ3v) is 2.83. The van der Waals surface area contributed by atoms with Crippen LogP contribution in [-0.2, 0) is 0 Å². The second kappa shape index (κ2) is 4.35. The van der Waals surface area contributed by atoms with Gasteiger partial charge in [-0.25, -0.2) is 4.98 Å². The van der Waals surface area contributed by atoms with Crippen molar-refractivity contribution in [3.63, 3.8) is 0 Å². The lowest BCUT2D eigenvalue weighted by molar-refractivity contribution is -0.115. The average Bonchev–Trinajstić information content (AvgIpc) is 2.84. The van der Waals surface area contributed by atoms with Crippen LogP contribution in [0.3, 0.4) is 0 Å². The Morgan fingerprint density at radius 2 is 2.06 bits per heavy atom. The maximum atomic E-state index is 12.1. The number of rotatable bonds is 3. The molecular weight excluding hydrogens is 219 g/mol. The fourth-order valence-corrected chi connectivity index (χ4v) is 2.11. The summed E-state index contributed by atoms with van der Waals surface area (Å²) >= 11 is 0. The Bertz CT molecular complexity index is 339. The van der Waals surface area contributed by atoms with Gasteiger partial charge in [-0.1, -0.05) is 12.8 Å². The topological polar surface area (TPSA) is 29.9 Å². The summed E-state index contributed by atoms with van der Waals surface area (Å²) in [6, 6.07) is 0.304. The quantitative estimate of drug-likeness (QED) is 0.869. The number of alkyl halides is 3. The lowest BCUT2D eigenvalue weighted by Crippen LogP contribution is -2.23. The Kier molecular flexibility index (Phi) is 3.07. The van der Waals surface area contributed by atoms with Crippen LogP contribution in [0.15, 0.2) is 12.4 Å². The standard InChI is InChI=1S/C10H14F3N3/c11-10(12,13)7-15-9-14-5-6-16(9)8-3-1-2-4-8/h5-6,8H,1-4,7H2,(H,14,15). The molecule has 1 saturated carbocycles. The van der Waals surface area contributed by atoms with Gasteiger partial charge in [-0.3, -0.25) is 0 Å². The molecule has 0 aliphatic heterocycles. The third-order valence-electron chi connectivity index (χ3n) is 2.83. The highest BCUT2D eigenvalue weighted by molar-refractivity contribution is 5.27. The largest absolute Gasteiger partial charge is 0.405 e. The van der Waals surface area contributed by atoms with Crippen LogP contribution in [0.2, 0.25) is 0 Å². The SMILES string of the molecule is FC(F)(F)CNc1nccn1C1CCCC1. The Hall–Kier alpha value is -1.20. The zero-order valence-electron chi connectivity index (χ0n) is 8.80. The molecule has 0 aromatic carbocycles. The number of aromatic nitrogens is 2. The minimum atomic E-state index is -4.20. The van der Waals surface area contributed by atoms with Gasteiger partial charge < -0.3 is 9.88 Å². The van der Waals surface area contributed by atoms with Gasteiger partial charge in [0.1, 0.15) is 6.54 Å². The van der Waals surface area contributed by atoms with E-state index in [9.17, 15) is 13.2 Å². The average molecular weight is 233 g/mol. The molecule has 0 atom stereocenters. The molecule has 1 N–H and O–H groups in total. The Labute approximate surface area is 91.7 Å². The summed E-state index contributed by atoms with van der Waals surface area (Å²) in [6.45, 7) is -1.03. The highest BCUT2D eigenvalue weighted by atomic mass is 19.4. The molecule has 1 fully saturated rings. The monoisotopic (exact) mass is 233 g/mol. The second-order valence-corrected chi connectivity index (χ2v) is 4.07. The predicted molar refractivity (Wildman–Crippen MR) is 54.3 cm³/mol. The molecule has 0 saturated heterocycles. The minimum Gasteiger partial charge on any atom is -0.347 e. The van der Waals surface area contributed by atoms with Crippen LogP contribution in [0.4, 0.5) is 19.1 Å². The molecule has 0 unspecified atom stereocenters. The molecule has 1 aromatic heterocycles. The zero-order chi connectivity index (χ0) is 11.6. The minimum absolute atomic E-state index is 0.304. The molecule has 1 aliphatic rings. The van der Waals surface area contributed by atoms with Crippen molar-refractivity contribution in [1.82, 2.24) is 9.55 Å². The van der Waals surface area contributed by atoms with E-state index in [0.717, 1.165) is 25.7 Å². The highest BCUT2D eigenvalue weighted by Crippen LogP contribution is 2.31. The Morgan fingerprint density at radius 3 is 2.69 bits per heavy atom. The molecule has 1 aromatic rings. The van der Waals surface area contributed by atoms with E-state index in [1.165, 1.54) is 6.20 Å². The van der Waals surface area contributed by atoms with Crippen LogP contribution in [0.5, 0.6) is 0 Å². The molecule has 0 radical (unpaired) electrons. The summed E-state index contributed by atoms with van der Waals surface area (Å²) in [5.74, 6) is 0.323. The van der Waals surface area contributed by atoms with Gasteiger partial charge in [0.05, 0.1) is 0 Å². The number of hydrogen-bond donors (Lipinski definition) is 1. The normalized spacial score (nSPS) is 17.9. The summed E-state index contributed by atoms with van der Waals surface area (Å²) in [6.07, 6.45) is 3.41. The third kappa shape index (κ3) is 2.68. The number of anilines is 1. The molecule has 0 bridgehead atoms. The van der Waals surface area contributed by atoms with E-state index in [1.807, 2.05) is 4.57 Å². The summed E-state index contributed by atoms with van der Waals surface area (Å²) in [7, 11) is 0. The van der Waals surface area contributed by atoms with Crippen molar-refractivity contribution >= 4 is 5.95 Å². The summed E-state index contributed by atoms with van der Waals surface area (Å²) in [5.41, 5.74) is 0. The predicted octanol–water partition coefficient (Wildman–Crippen LogP) is 2.97. The fraction of sp³-hybridized carbons (Fsp3) is 0.700. The number of nitrogens with zero attached hydrogens (tertiary/aromatic N) is 2. The van der Waals surface area contributed by atoms with E-state index in [1.54, 1.807) is 6.20 Å². The maximum absolute atomic E-state index is 12.1. The molecule has 6 heteroatoms. The van der Waals surface area contributed by atoms with Gasteiger partial charge in [0.25, 0.3) is 0 Å². The molecule has 2 rings (SSSR count). The Balaban J connectivity index is 2.01. The van der Waals surface area contributed by atoms with Gasteiger partial charge in [-0.05, 0) is 12.8 Å². The maximum Gasteiger partial charge on any atom is 0.405 e. The molecule has 1 heterocycles. The van der Waals surface area contributed by atoms with Crippen molar-refractivity contribution in [2.75, 3.05) is 11.9 Å². The summed E-state index contributed by atoms with van der Waals surface area (Å²) in [4.78, 5) is 3.92. The molecule has 90 valence electrons. The zero-order valence-corrected chi connectivity index (χ0v) is 8.80. The first-order valence-electron chi connectivity index (χ1n) is 5.40. The van der Waals surface area contributed by atoms with Crippen LogP contribution in [-0.4, -0.2) is 22.3 Å². The lowest BCUT2D eigenvalue weighted by Gasteiger charge is -2.16. The number of nitrogens with one attached hydrogen (secondary N) is 1. The van der Waals surface area contributed by atoms with Crippen LogP contribution in [0.1, 0.15) is 31.7 Å². The van der Waals surface area contributed by atoms with Crippen LogP contribution in [0, 0.1) is 0 Å². The molecule has 0 spiro atoms. The van der Waals surface area contributed by atoms with Crippen LogP contribution in [0.25, 0.3) is 0 Å². The van der Waals surface area contributed by atoms with Gasteiger partial charge in [-0.2, -0.15) is 13.2 Å². The lowest BCUT2D eigenvalue weighted by atomic mass is 10.2. The Morgan fingerprint density at radius 1 is 1.38 bits per heavy atom. The first-order valence-corrected chi connectivity index (χ1v) is 5.40. The van der Waals surface area contributed by atoms with Gasteiger partial charge in [0.2, 0.25) is 5.95 Å². The van der Waals surface area contributed by atoms with E-state index in [0.29, 0.717) is 12.0 Å². The van der Waals surface area contributed by atoms with E-state index >= 15 is 0 Å². The van der Waals surface area contributed by atoms with Crippen molar-refractivity contribution in [2.45, 2.75) is 37.9 Å². The van der Waals surface area contributed by atoms with Gasteiger partial charge in [0, 0.05) is 18.4 Å². The molecule has 1 aliphatic carbocycles. The van der Waals surface area contributed by atoms with Gasteiger partial charge >= 0.3 is 6.18 Å². The van der Waals surface area contributed by atoms with Crippen molar-refractivity contribution in [2.24, 2.45) is 0 Å². The first-order chi connectivity index (χ1) is 7.56. The number of hydrogen-bond acceptors (Lipinski definition) is 2. The number of imidazole rings is 1. The van der Waals surface area contributed by atoms with Crippen molar-refractivity contribution in [1.29, 1.82) is 0 Å². The van der Waals surface area contributed by atoms with Crippen molar-refractivity contribution in [3.05, 3.63) is 12.4 Å². The molecule has 0 amide bonds. The summed E-state index contributed by atoms with van der Waals surface area (Å²) < 4.78 is 38.0. The first kappa shape index (κ1) is 11.3. The number of halogens is 3. The van der Waals surface area contributed by atoms with E-state index in [-0.39, 0.29) is 0 Å². The van der Waals surface area contributed by atoms with Crippen molar-refractivity contribution < 1.29 is 13.2 Å². The van der Waals surface area contributed by atoms with Gasteiger partial charge in [-0.15, -0.1) is 0 Å². The fourth-order valence-electron chi connectivity index (χ4n) is 2.11. The molecule has 16 heavy (non-hydrogen) atoms. The van der Waals surface area contributed by atoms with Crippen LogP contribution >= 0.6 is 0 Å². The van der Waals surface area contributed by atoms with Crippen LogP contribution < -0.4 is 5.32 Å². The van der Waals surface area contributed by atoms with E-state index in [4.69, 9.17) is 0 Å². The van der Waals surface area contributed by atoms with Crippen molar-refractivity contribution in [3.8, 4) is 0 Å². The molecular formula is C10H14F3N3. The van der Waals surface area contributed by atoms with E-state index in [2.05, 4.69) is 10.3 Å². The molecule has 3 nitrogen and oxygen atoms in total. The smallest absolute Gasteiger partial charge is 0.347 e. The summed E-state index contributed by atoms with van der Waals surface area (Å²) in [5, 5.41) is 2.34.